The molecule has 1 fully saturated rings. The largest absolute Gasteiger partial charge is 0.340 e. The van der Waals surface area contributed by atoms with Gasteiger partial charge >= 0.3 is 0 Å². The Bertz CT molecular complexity index is 405. The van der Waals surface area contributed by atoms with Gasteiger partial charge in [-0.25, -0.2) is 4.39 Å². The zero-order valence-electron chi connectivity index (χ0n) is 12.2. The van der Waals surface area contributed by atoms with E-state index in [0.29, 0.717) is 6.04 Å². The Labute approximate surface area is 115 Å². The quantitative estimate of drug-likeness (QED) is 0.814. The Balaban J connectivity index is 0.000000861. The van der Waals surface area contributed by atoms with Crippen LogP contribution in [0.25, 0.3) is 0 Å². The van der Waals surface area contributed by atoms with Crippen LogP contribution in [0.5, 0.6) is 0 Å². The van der Waals surface area contributed by atoms with Crippen molar-refractivity contribution < 1.29 is 9.18 Å². The van der Waals surface area contributed by atoms with Crippen LogP contribution in [0.15, 0.2) is 24.3 Å². The van der Waals surface area contributed by atoms with Crippen LogP contribution in [-0.4, -0.2) is 23.4 Å². The van der Waals surface area contributed by atoms with E-state index in [2.05, 4.69) is 0 Å². The third kappa shape index (κ3) is 4.66. The van der Waals surface area contributed by atoms with E-state index in [-0.39, 0.29) is 11.7 Å². The molecule has 0 spiro atoms. The molecular weight excluding hydrogens is 241 g/mol. The van der Waals surface area contributed by atoms with E-state index in [9.17, 15) is 9.18 Å². The molecular formula is C16H24FNO. The predicted octanol–water partition coefficient (Wildman–Crippen LogP) is 3.80. The first-order valence-electron chi connectivity index (χ1n) is 7.18. The molecule has 0 N–H and O–H groups in total. The van der Waals surface area contributed by atoms with Crippen LogP contribution in [0.4, 0.5) is 4.39 Å². The molecule has 1 aromatic rings. The molecule has 3 heteroatoms. The molecule has 0 radical (unpaired) electrons. The maximum Gasteiger partial charge on any atom is 0.219 e. The number of likely N-dealkylation sites (tertiary alicyclic amines) is 1. The number of benzene rings is 1. The lowest BCUT2D eigenvalue weighted by atomic mass is 10.0. The van der Waals surface area contributed by atoms with E-state index in [0.717, 1.165) is 37.8 Å². The highest BCUT2D eigenvalue weighted by Gasteiger charge is 2.25. The summed E-state index contributed by atoms with van der Waals surface area (Å²) in [5.41, 5.74) is 1.01. The van der Waals surface area contributed by atoms with Crippen molar-refractivity contribution in [2.75, 3.05) is 6.54 Å². The van der Waals surface area contributed by atoms with Crippen molar-refractivity contribution in [3.05, 3.63) is 35.6 Å². The molecule has 1 aromatic carbocycles. The smallest absolute Gasteiger partial charge is 0.219 e. The lowest BCUT2D eigenvalue weighted by Crippen LogP contribution is -2.33. The van der Waals surface area contributed by atoms with Crippen LogP contribution in [0.2, 0.25) is 0 Å². The van der Waals surface area contributed by atoms with Gasteiger partial charge in [-0.3, -0.25) is 4.79 Å². The highest BCUT2D eigenvalue weighted by Crippen LogP contribution is 2.22. The molecule has 106 valence electrons. The van der Waals surface area contributed by atoms with Crippen molar-refractivity contribution in [3.8, 4) is 0 Å². The van der Waals surface area contributed by atoms with Gasteiger partial charge in [0.15, 0.2) is 0 Å². The van der Waals surface area contributed by atoms with Crippen LogP contribution in [0, 0.1) is 5.82 Å². The number of aryl methyl sites for hydroxylation is 1. The lowest BCUT2D eigenvalue weighted by Gasteiger charge is -2.23. The average molecular weight is 265 g/mol. The molecule has 0 aromatic heterocycles. The number of carbonyl (C=O) groups excluding carboxylic acids is 1. The summed E-state index contributed by atoms with van der Waals surface area (Å²) < 4.78 is 13.0. The first-order valence-corrected chi connectivity index (χ1v) is 7.18. The van der Waals surface area contributed by atoms with Crippen LogP contribution < -0.4 is 0 Å². The van der Waals surface area contributed by atoms with Gasteiger partial charge in [0.1, 0.15) is 5.82 Å². The topological polar surface area (TPSA) is 20.3 Å². The van der Waals surface area contributed by atoms with E-state index >= 15 is 0 Å². The van der Waals surface area contributed by atoms with E-state index in [4.69, 9.17) is 0 Å². The van der Waals surface area contributed by atoms with E-state index < -0.39 is 0 Å². The second-order valence-electron chi connectivity index (χ2n) is 4.68. The monoisotopic (exact) mass is 265 g/mol. The number of hydrogen-bond acceptors (Lipinski definition) is 1. The minimum atomic E-state index is -0.183. The van der Waals surface area contributed by atoms with Gasteiger partial charge in [0, 0.05) is 19.5 Å². The molecule has 0 saturated carbocycles. The highest BCUT2D eigenvalue weighted by molar-refractivity contribution is 5.73. The zero-order valence-corrected chi connectivity index (χ0v) is 12.2. The van der Waals surface area contributed by atoms with Crippen LogP contribution in [-0.2, 0) is 11.2 Å². The summed E-state index contributed by atoms with van der Waals surface area (Å²) in [7, 11) is 0. The van der Waals surface area contributed by atoms with Crippen molar-refractivity contribution in [3.63, 3.8) is 0 Å². The van der Waals surface area contributed by atoms with Gasteiger partial charge in [0.05, 0.1) is 0 Å². The van der Waals surface area contributed by atoms with Gasteiger partial charge in [-0.05, 0) is 43.4 Å². The van der Waals surface area contributed by atoms with Gasteiger partial charge in [-0.15, -0.1) is 0 Å². The molecule has 2 nitrogen and oxygen atoms in total. The van der Waals surface area contributed by atoms with E-state index in [1.807, 2.05) is 24.8 Å². The molecule has 1 saturated heterocycles. The summed E-state index contributed by atoms with van der Waals surface area (Å²) in [6.07, 6.45) is 3.94. The molecule has 19 heavy (non-hydrogen) atoms. The fourth-order valence-electron chi connectivity index (χ4n) is 2.58. The maximum absolute atomic E-state index is 13.0. The van der Waals surface area contributed by atoms with Crippen molar-refractivity contribution >= 4 is 5.91 Å². The lowest BCUT2D eigenvalue weighted by molar-refractivity contribution is -0.129. The summed E-state index contributed by atoms with van der Waals surface area (Å²) in [5.74, 6) is -0.0240. The van der Waals surface area contributed by atoms with Gasteiger partial charge in [-0.1, -0.05) is 26.0 Å². The summed E-state index contributed by atoms with van der Waals surface area (Å²) in [6.45, 7) is 6.50. The Morgan fingerprint density at radius 2 is 2.16 bits per heavy atom. The number of amides is 1. The summed E-state index contributed by atoms with van der Waals surface area (Å²) >= 11 is 0. The summed E-state index contributed by atoms with van der Waals surface area (Å²) in [6, 6.07) is 7.06. The van der Waals surface area contributed by atoms with Gasteiger partial charge in [0.2, 0.25) is 5.91 Å². The second kappa shape index (κ2) is 7.93. The van der Waals surface area contributed by atoms with Gasteiger partial charge < -0.3 is 4.90 Å². The molecule has 0 unspecified atom stereocenters. The van der Waals surface area contributed by atoms with Crippen LogP contribution in [0.3, 0.4) is 0 Å². The Kier molecular flexibility index (Phi) is 6.54. The highest BCUT2D eigenvalue weighted by atomic mass is 19.1. The molecule has 1 amide bonds. The second-order valence-corrected chi connectivity index (χ2v) is 4.68. The fourth-order valence-corrected chi connectivity index (χ4v) is 2.58. The van der Waals surface area contributed by atoms with Crippen molar-refractivity contribution in [1.82, 2.24) is 4.90 Å². The zero-order chi connectivity index (χ0) is 14.3. The number of carbonyl (C=O) groups is 1. The fraction of sp³-hybridized carbons (Fsp3) is 0.562. The minimum absolute atomic E-state index is 0.159. The molecule has 1 atom stereocenters. The van der Waals surface area contributed by atoms with Crippen molar-refractivity contribution in [2.45, 2.75) is 52.5 Å². The third-order valence-corrected chi connectivity index (χ3v) is 3.44. The van der Waals surface area contributed by atoms with Crippen LogP contribution >= 0.6 is 0 Å². The normalized spacial score (nSPS) is 17.9. The number of halogens is 1. The van der Waals surface area contributed by atoms with E-state index in [1.54, 1.807) is 19.1 Å². The molecule has 1 aliphatic heterocycles. The Hall–Kier alpha value is -1.38. The standard InChI is InChI=1S/C14H18FNO.C2H6/c1-11(17)16-9-3-6-14(16)8-7-12-4-2-5-13(15)10-12;1-2/h2,4-5,10,14H,3,6-9H2,1H3;1-2H3/t14-;/m0./s1. The van der Waals surface area contributed by atoms with Crippen molar-refractivity contribution in [2.24, 2.45) is 0 Å². The Morgan fingerprint density at radius 1 is 1.42 bits per heavy atom. The van der Waals surface area contributed by atoms with Gasteiger partial charge in [0.25, 0.3) is 0 Å². The Morgan fingerprint density at radius 3 is 2.79 bits per heavy atom. The maximum atomic E-state index is 13.0. The number of nitrogens with zero attached hydrogens (tertiary/aromatic N) is 1. The first-order chi connectivity index (χ1) is 9.16. The molecule has 2 rings (SSSR count). The number of hydrogen-bond donors (Lipinski definition) is 0. The SMILES string of the molecule is CC.CC(=O)N1CCC[C@H]1CCc1cccc(F)c1. The van der Waals surface area contributed by atoms with Crippen molar-refractivity contribution in [1.29, 1.82) is 0 Å². The predicted molar refractivity (Wildman–Crippen MR) is 76.5 cm³/mol. The van der Waals surface area contributed by atoms with Gasteiger partial charge in [-0.2, -0.15) is 0 Å². The molecule has 1 aliphatic rings. The van der Waals surface area contributed by atoms with Crippen LogP contribution in [0.1, 0.15) is 45.6 Å². The number of rotatable bonds is 3. The minimum Gasteiger partial charge on any atom is -0.340 e. The third-order valence-electron chi connectivity index (χ3n) is 3.44. The summed E-state index contributed by atoms with van der Waals surface area (Å²) in [4.78, 5) is 13.3. The summed E-state index contributed by atoms with van der Waals surface area (Å²) in [5, 5.41) is 0. The van der Waals surface area contributed by atoms with E-state index in [1.165, 1.54) is 6.07 Å². The first kappa shape index (κ1) is 15.7. The average Bonchev–Trinajstić information content (AvgIpc) is 2.87. The molecule has 1 heterocycles. The molecule has 0 aliphatic carbocycles. The molecule has 0 bridgehead atoms.